The molecule has 2 aromatic carbocycles. The SMILES string of the molecule is Br.O=C(O)[C@@H]1C[C@H](Sc2ccc3ccccc3c2)CN1. The Labute approximate surface area is 132 Å². The second-order valence-electron chi connectivity index (χ2n) is 4.78. The molecular weight excluding hydrogens is 338 g/mol. The molecule has 2 atom stereocenters. The lowest BCUT2D eigenvalue weighted by molar-refractivity contribution is -0.139. The van der Waals surface area contributed by atoms with E-state index in [0.717, 1.165) is 6.54 Å². The molecule has 0 amide bonds. The largest absolute Gasteiger partial charge is 0.480 e. The summed E-state index contributed by atoms with van der Waals surface area (Å²) in [6.07, 6.45) is 0.687. The highest BCUT2D eigenvalue weighted by Crippen LogP contribution is 2.31. The van der Waals surface area contributed by atoms with E-state index in [2.05, 4.69) is 35.6 Å². The minimum Gasteiger partial charge on any atom is -0.480 e. The van der Waals surface area contributed by atoms with Gasteiger partial charge in [-0.3, -0.25) is 4.79 Å². The molecule has 3 nitrogen and oxygen atoms in total. The normalized spacial score (nSPS) is 21.6. The summed E-state index contributed by atoms with van der Waals surface area (Å²) in [7, 11) is 0. The topological polar surface area (TPSA) is 49.3 Å². The van der Waals surface area contributed by atoms with E-state index in [1.165, 1.54) is 15.7 Å². The zero-order valence-electron chi connectivity index (χ0n) is 10.8. The van der Waals surface area contributed by atoms with Gasteiger partial charge in [0.2, 0.25) is 0 Å². The van der Waals surface area contributed by atoms with Gasteiger partial charge >= 0.3 is 5.97 Å². The first-order valence-corrected chi connectivity index (χ1v) is 7.22. The smallest absolute Gasteiger partial charge is 0.320 e. The summed E-state index contributed by atoms with van der Waals surface area (Å²) in [5.41, 5.74) is 0. The molecule has 0 radical (unpaired) electrons. The van der Waals surface area contributed by atoms with Crippen molar-refractivity contribution in [3.8, 4) is 0 Å². The molecule has 1 saturated heterocycles. The van der Waals surface area contributed by atoms with Crippen LogP contribution in [-0.4, -0.2) is 28.9 Å². The highest BCUT2D eigenvalue weighted by atomic mass is 79.9. The van der Waals surface area contributed by atoms with Crippen LogP contribution in [0.4, 0.5) is 0 Å². The van der Waals surface area contributed by atoms with Crippen LogP contribution in [0.5, 0.6) is 0 Å². The Kier molecular flexibility index (Phi) is 5.07. The van der Waals surface area contributed by atoms with E-state index in [4.69, 9.17) is 5.11 Å². The number of fused-ring (bicyclic) bond motifs is 1. The van der Waals surface area contributed by atoms with Crippen LogP contribution >= 0.6 is 28.7 Å². The highest BCUT2D eigenvalue weighted by molar-refractivity contribution is 8.93. The number of halogens is 1. The van der Waals surface area contributed by atoms with Gasteiger partial charge in [0.15, 0.2) is 0 Å². The van der Waals surface area contributed by atoms with Gasteiger partial charge in [0.25, 0.3) is 0 Å². The van der Waals surface area contributed by atoms with Crippen LogP contribution in [0.15, 0.2) is 47.4 Å². The molecule has 106 valence electrons. The van der Waals surface area contributed by atoms with Crippen molar-refractivity contribution in [1.29, 1.82) is 0 Å². The number of hydrogen-bond acceptors (Lipinski definition) is 3. The van der Waals surface area contributed by atoms with Crippen molar-refractivity contribution in [2.24, 2.45) is 0 Å². The van der Waals surface area contributed by atoms with Gasteiger partial charge in [-0.25, -0.2) is 0 Å². The van der Waals surface area contributed by atoms with Gasteiger partial charge < -0.3 is 10.4 Å². The van der Waals surface area contributed by atoms with Gasteiger partial charge in [0.05, 0.1) is 0 Å². The van der Waals surface area contributed by atoms with Crippen molar-refractivity contribution in [2.75, 3.05) is 6.54 Å². The van der Waals surface area contributed by atoms with Crippen LogP contribution in [0, 0.1) is 0 Å². The maximum Gasteiger partial charge on any atom is 0.320 e. The van der Waals surface area contributed by atoms with E-state index >= 15 is 0 Å². The Bertz CT molecular complexity index is 620. The highest BCUT2D eigenvalue weighted by Gasteiger charge is 2.29. The summed E-state index contributed by atoms with van der Waals surface area (Å²) in [4.78, 5) is 12.1. The third-order valence-corrected chi connectivity index (χ3v) is 4.63. The molecule has 0 unspecified atom stereocenters. The summed E-state index contributed by atoms with van der Waals surface area (Å²) in [6, 6.07) is 14.3. The van der Waals surface area contributed by atoms with E-state index in [1.807, 2.05) is 12.1 Å². The molecule has 3 rings (SSSR count). The Morgan fingerprint density at radius 3 is 2.65 bits per heavy atom. The molecule has 0 spiro atoms. The van der Waals surface area contributed by atoms with Crippen LogP contribution < -0.4 is 5.32 Å². The summed E-state index contributed by atoms with van der Waals surface area (Å²) in [6.45, 7) is 0.758. The summed E-state index contributed by atoms with van der Waals surface area (Å²) < 4.78 is 0. The second kappa shape index (κ2) is 6.61. The second-order valence-corrected chi connectivity index (χ2v) is 6.16. The molecule has 0 aromatic heterocycles. The molecule has 2 N–H and O–H groups in total. The van der Waals surface area contributed by atoms with E-state index < -0.39 is 12.0 Å². The fraction of sp³-hybridized carbons (Fsp3) is 0.267. The van der Waals surface area contributed by atoms with Gasteiger partial charge in [-0.15, -0.1) is 28.7 Å². The average Bonchev–Trinajstić information content (AvgIpc) is 2.87. The predicted octanol–water partition coefficient (Wildman–Crippen LogP) is 3.32. The first-order chi connectivity index (χ1) is 9.22. The van der Waals surface area contributed by atoms with Crippen molar-refractivity contribution >= 4 is 45.5 Å². The standard InChI is InChI=1S/C15H15NO2S.BrH/c17-15(18)14-8-13(9-16-14)19-12-6-5-10-3-1-2-4-11(10)7-12;/h1-7,13-14,16H,8-9H2,(H,17,18);1H/t13-,14-;/m0./s1. The molecule has 1 fully saturated rings. The van der Waals surface area contributed by atoms with Crippen molar-refractivity contribution in [1.82, 2.24) is 5.32 Å². The fourth-order valence-corrected chi connectivity index (χ4v) is 3.61. The third-order valence-electron chi connectivity index (χ3n) is 3.41. The first-order valence-electron chi connectivity index (χ1n) is 6.34. The van der Waals surface area contributed by atoms with Crippen LogP contribution in [-0.2, 0) is 4.79 Å². The van der Waals surface area contributed by atoms with E-state index in [1.54, 1.807) is 11.8 Å². The molecule has 0 bridgehead atoms. The molecule has 1 heterocycles. The molecule has 1 aliphatic rings. The van der Waals surface area contributed by atoms with Gasteiger partial charge in [-0.1, -0.05) is 30.3 Å². The average molecular weight is 354 g/mol. The Balaban J connectivity index is 0.00000147. The predicted molar refractivity (Wildman–Crippen MR) is 88.0 cm³/mol. The molecular formula is C15H16BrNO2S. The molecule has 0 aliphatic carbocycles. The van der Waals surface area contributed by atoms with Crippen LogP contribution in [0.3, 0.4) is 0 Å². The zero-order valence-corrected chi connectivity index (χ0v) is 13.3. The fourth-order valence-electron chi connectivity index (χ4n) is 2.41. The number of rotatable bonds is 3. The van der Waals surface area contributed by atoms with Crippen LogP contribution in [0.25, 0.3) is 10.8 Å². The number of aliphatic carboxylic acids is 1. The molecule has 2 aromatic rings. The minimum absolute atomic E-state index is 0. The Morgan fingerprint density at radius 2 is 1.95 bits per heavy atom. The van der Waals surface area contributed by atoms with Gasteiger partial charge in [-0.05, 0) is 29.3 Å². The van der Waals surface area contributed by atoms with E-state index in [9.17, 15) is 4.79 Å². The number of nitrogens with one attached hydrogen (secondary N) is 1. The van der Waals surface area contributed by atoms with Crippen LogP contribution in [0.2, 0.25) is 0 Å². The number of benzene rings is 2. The summed E-state index contributed by atoms with van der Waals surface area (Å²) in [5, 5.41) is 14.8. The molecule has 5 heteroatoms. The van der Waals surface area contributed by atoms with Gasteiger partial charge in [-0.2, -0.15) is 0 Å². The monoisotopic (exact) mass is 353 g/mol. The minimum atomic E-state index is -0.749. The molecule has 0 saturated carbocycles. The number of carbonyl (C=O) groups is 1. The lowest BCUT2D eigenvalue weighted by Gasteiger charge is -2.09. The van der Waals surface area contributed by atoms with Crippen molar-refractivity contribution in [3.63, 3.8) is 0 Å². The van der Waals surface area contributed by atoms with Gasteiger partial charge in [0, 0.05) is 16.7 Å². The van der Waals surface area contributed by atoms with E-state index in [-0.39, 0.29) is 17.0 Å². The third kappa shape index (κ3) is 3.34. The maximum atomic E-state index is 10.9. The lowest BCUT2D eigenvalue weighted by Crippen LogP contribution is -2.29. The number of hydrogen-bond donors (Lipinski definition) is 2. The Hall–Kier alpha value is -1.04. The van der Waals surface area contributed by atoms with E-state index in [0.29, 0.717) is 11.7 Å². The van der Waals surface area contributed by atoms with Crippen molar-refractivity contribution in [2.45, 2.75) is 22.6 Å². The van der Waals surface area contributed by atoms with Crippen molar-refractivity contribution in [3.05, 3.63) is 42.5 Å². The summed E-state index contributed by atoms with van der Waals surface area (Å²) in [5.74, 6) is -0.749. The first kappa shape index (κ1) is 15.4. The summed E-state index contributed by atoms with van der Waals surface area (Å²) >= 11 is 1.76. The molecule has 20 heavy (non-hydrogen) atoms. The maximum absolute atomic E-state index is 10.9. The molecule has 1 aliphatic heterocycles. The van der Waals surface area contributed by atoms with Gasteiger partial charge in [0.1, 0.15) is 6.04 Å². The number of carboxylic acid groups (broad SMARTS) is 1. The lowest BCUT2D eigenvalue weighted by atomic mass is 10.1. The zero-order chi connectivity index (χ0) is 13.2. The number of carboxylic acids is 1. The quantitative estimate of drug-likeness (QED) is 0.888. The van der Waals surface area contributed by atoms with Crippen molar-refractivity contribution < 1.29 is 9.90 Å². The van der Waals surface area contributed by atoms with Crippen LogP contribution in [0.1, 0.15) is 6.42 Å². The number of thioether (sulfide) groups is 1. The Morgan fingerprint density at radius 1 is 1.20 bits per heavy atom.